The number of ether oxygens (including phenoxy) is 2. The van der Waals surface area contributed by atoms with Crippen molar-refractivity contribution in [3.05, 3.63) is 0 Å². The van der Waals surface area contributed by atoms with Crippen LogP contribution in [-0.2, 0) is 13.9 Å². The van der Waals surface area contributed by atoms with Gasteiger partial charge in [-0.3, -0.25) is 0 Å². The van der Waals surface area contributed by atoms with Gasteiger partial charge in [0.1, 0.15) is 6.10 Å². The topological polar surface area (TPSA) is 47.9 Å². The molecular weight excluding hydrogens is 272 g/mol. The minimum Gasteiger partial charge on any atom is -0.414 e. The summed E-state index contributed by atoms with van der Waals surface area (Å²) in [5, 5.41) is 9.55. The zero-order chi connectivity index (χ0) is 15.8. The third-order valence-electron chi connectivity index (χ3n) is 4.48. The second-order valence-corrected chi connectivity index (χ2v) is 12.7. The van der Waals surface area contributed by atoms with Crippen molar-refractivity contribution in [2.75, 3.05) is 13.2 Å². The Balaban J connectivity index is 2.70. The van der Waals surface area contributed by atoms with E-state index in [2.05, 4.69) is 33.9 Å². The molecule has 4 nitrogen and oxygen atoms in total. The summed E-state index contributed by atoms with van der Waals surface area (Å²) in [5.41, 5.74) is 0. The van der Waals surface area contributed by atoms with Gasteiger partial charge in [-0.25, -0.2) is 0 Å². The first-order chi connectivity index (χ1) is 8.89. The molecule has 1 aliphatic rings. The van der Waals surface area contributed by atoms with Gasteiger partial charge >= 0.3 is 0 Å². The lowest BCUT2D eigenvalue weighted by Crippen LogP contribution is -2.45. The van der Waals surface area contributed by atoms with Crippen molar-refractivity contribution in [2.45, 2.75) is 77.7 Å². The van der Waals surface area contributed by atoms with Crippen LogP contribution in [0.15, 0.2) is 0 Å². The molecule has 0 aromatic rings. The minimum absolute atomic E-state index is 0.0461. The lowest BCUT2D eigenvalue weighted by molar-refractivity contribution is -0.152. The smallest absolute Gasteiger partial charge is 0.192 e. The van der Waals surface area contributed by atoms with Crippen molar-refractivity contribution in [1.82, 2.24) is 0 Å². The predicted octanol–water partition coefficient (Wildman–Crippen LogP) is 3.16. The highest BCUT2D eigenvalue weighted by atomic mass is 28.4. The summed E-state index contributed by atoms with van der Waals surface area (Å²) in [6.45, 7) is 17.6. The van der Waals surface area contributed by atoms with Gasteiger partial charge in [-0.2, -0.15) is 0 Å². The molecule has 0 aromatic carbocycles. The molecule has 0 bridgehead atoms. The molecule has 120 valence electrons. The molecule has 1 rings (SSSR count). The Morgan fingerprint density at radius 3 is 2.25 bits per heavy atom. The molecule has 1 fully saturated rings. The second-order valence-electron chi connectivity index (χ2n) is 7.87. The van der Waals surface area contributed by atoms with Crippen LogP contribution in [0.1, 0.15) is 41.5 Å². The number of rotatable bonds is 5. The maximum atomic E-state index is 9.37. The van der Waals surface area contributed by atoms with Gasteiger partial charge in [-0.05, 0) is 32.0 Å². The van der Waals surface area contributed by atoms with Crippen LogP contribution in [0.2, 0.25) is 18.1 Å². The van der Waals surface area contributed by atoms with E-state index in [-0.39, 0.29) is 29.8 Å². The van der Waals surface area contributed by atoms with Gasteiger partial charge in [0.2, 0.25) is 0 Å². The predicted molar refractivity (Wildman–Crippen MR) is 83.2 cm³/mol. The number of aliphatic hydroxyl groups excluding tert-OH is 1. The number of aliphatic hydroxyl groups is 1. The summed E-state index contributed by atoms with van der Waals surface area (Å²) in [6.07, 6.45) is -0.221. The van der Waals surface area contributed by atoms with Gasteiger partial charge in [0.05, 0.1) is 12.7 Å². The van der Waals surface area contributed by atoms with E-state index in [1.165, 1.54) is 0 Å². The van der Waals surface area contributed by atoms with Gasteiger partial charge in [0, 0.05) is 12.5 Å². The molecule has 0 aromatic heterocycles. The summed E-state index contributed by atoms with van der Waals surface area (Å²) in [6, 6.07) is 0. The van der Waals surface area contributed by atoms with E-state index in [0.29, 0.717) is 6.61 Å². The molecule has 0 radical (unpaired) electrons. The van der Waals surface area contributed by atoms with Crippen molar-refractivity contribution in [3.8, 4) is 0 Å². The van der Waals surface area contributed by atoms with Crippen LogP contribution in [0.25, 0.3) is 0 Å². The summed E-state index contributed by atoms with van der Waals surface area (Å²) in [4.78, 5) is 0. The molecule has 3 atom stereocenters. The molecular formula is C15H32O4Si. The summed E-state index contributed by atoms with van der Waals surface area (Å²) < 4.78 is 18.1. The molecule has 0 saturated carbocycles. The lowest BCUT2D eigenvalue weighted by Gasteiger charge is -2.37. The quantitative estimate of drug-likeness (QED) is 0.793. The molecule has 20 heavy (non-hydrogen) atoms. The fraction of sp³-hybridized carbons (Fsp3) is 1.00. The Morgan fingerprint density at radius 2 is 1.80 bits per heavy atom. The molecule has 1 heterocycles. The molecule has 5 heteroatoms. The molecule has 0 unspecified atom stereocenters. The summed E-state index contributed by atoms with van der Waals surface area (Å²) in [7, 11) is -1.79. The van der Waals surface area contributed by atoms with E-state index >= 15 is 0 Å². The van der Waals surface area contributed by atoms with Crippen LogP contribution in [0.3, 0.4) is 0 Å². The average Bonchev–Trinajstić information content (AvgIpc) is 2.59. The Hall–Kier alpha value is 0.0569. The first kappa shape index (κ1) is 18.1. The fourth-order valence-corrected chi connectivity index (χ4v) is 3.10. The highest BCUT2D eigenvalue weighted by Gasteiger charge is 2.45. The highest BCUT2D eigenvalue weighted by Crippen LogP contribution is 2.38. The molecule has 1 saturated heterocycles. The normalized spacial score (nSPS) is 28.6. The molecule has 1 N–H and O–H groups in total. The van der Waals surface area contributed by atoms with Gasteiger partial charge in [-0.1, -0.05) is 27.7 Å². The van der Waals surface area contributed by atoms with Crippen molar-refractivity contribution in [1.29, 1.82) is 0 Å². The zero-order valence-corrected chi connectivity index (χ0v) is 15.3. The van der Waals surface area contributed by atoms with Gasteiger partial charge in [-0.15, -0.1) is 0 Å². The number of hydrogen-bond acceptors (Lipinski definition) is 4. The lowest BCUT2D eigenvalue weighted by atomic mass is 10.0. The monoisotopic (exact) mass is 304 g/mol. The minimum atomic E-state index is -1.79. The third kappa shape index (κ3) is 4.27. The first-order valence-corrected chi connectivity index (χ1v) is 10.4. The van der Waals surface area contributed by atoms with Crippen molar-refractivity contribution in [2.24, 2.45) is 5.92 Å². The van der Waals surface area contributed by atoms with Gasteiger partial charge in [0.15, 0.2) is 14.1 Å². The molecule has 0 aliphatic carbocycles. The second kappa shape index (κ2) is 6.05. The SMILES string of the molecule is C[C@H](CO)[C@H]1OC(C)(C)O[C@@H]1CO[Si](C)(C)C(C)(C)C. The standard InChI is InChI=1S/C15H32O4Si/c1-11(9-16)13-12(18-15(5,6)19-13)10-17-20(7,8)14(2,3)4/h11-13,16H,9-10H2,1-8H3/t11-,12-,13-/m1/s1. The van der Waals surface area contributed by atoms with Crippen LogP contribution >= 0.6 is 0 Å². The van der Waals surface area contributed by atoms with E-state index in [4.69, 9.17) is 13.9 Å². The van der Waals surface area contributed by atoms with E-state index < -0.39 is 14.1 Å². The van der Waals surface area contributed by atoms with Crippen molar-refractivity contribution >= 4 is 8.32 Å². The van der Waals surface area contributed by atoms with Crippen molar-refractivity contribution < 1.29 is 19.0 Å². The van der Waals surface area contributed by atoms with Crippen LogP contribution in [0.5, 0.6) is 0 Å². The van der Waals surface area contributed by atoms with Crippen LogP contribution in [0.4, 0.5) is 0 Å². The fourth-order valence-electron chi connectivity index (χ4n) is 2.09. The summed E-state index contributed by atoms with van der Waals surface area (Å²) >= 11 is 0. The third-order valence-corrected chi connectivity index (χ3v) is 8.99. The van der Waals surface area contributed by atoms with Crippen LogP contribution < -0.4 is 0 Å². The Bertz CT molecular complexity index is 322. The van der Waals surface area contributed by atoms with E-state index in [9.17, 15) is 5.11 Å². The van der Waals surface area contributed by atoms with Gasteiger partial charge < -0.3 is 19.0 Å². The molecule has 0 amide bonds. The van der Waals surface area contributed by atoms with Crippen molar-refractivity contribution in [3.63, 3.8) is 0 Å². The number of hydrogen-bond donors (Lipinski definition) is 1. The Labute approximate surface area is 124 Å². The van der Waals surface area contributed by atoms with Crippen LogP contribution in [-0.4, -0.2) is 44.6 Å². The molecule has 0 spiro atoms. The highest BCUT2D eigenvalue weighted by molar-refractivity contribution is 6.74. The summed E-state index contributed by atoms with van der Waals surface area (Å²) in [5.74, 6) is -0.556. The largest absolute Gasteiger partial charge is 0.414 e. The first-order valence-electron chi connectivity index (χ1n) is 7.50. The van der Waals surface area contributed by atoms with Gasteiger partial charge in [0.25, 0.3) is 0 Å². The maximum Gasteiger partial charge on any atom is 0.192 e. The molecule has 1 aliphatic heterocycles. The Kier molecular flexibility index (Phi) is 5.47. The Morgan fingerprint density at radius 1 is 1.25 bits per heavy atom. The van der Waals surface area contributed by atoms with E-state index in [1.54, 1.807) is 0 Å². The van der Waals surface area contributed by atoms with E-state index in [1.807, 2.05) is 20.8 Å². The maximum absolute atomic E-state index is 9.37. The van der Waals surface area contributed by atoms with E-state index in [0.717, 1.165) is 0 Å². The van der Waals surface area contributed by atoms with Crippen LogP contribution in [0, 0.1) is 5.92 Å². The average molecular weight is 305 g/mol. The zero-order valence-electron chi connectivity index (χ0n) is 14.3.